The molecule has 0 spiro atoms. The second kappa shape index (κ2) is 2.79. The van der Waals surface area contributed by atoms with Crippen molar-refractivity contribution in [3.8, 4) is 0 Å². The Balaban J connectivity index is 1.97. The van der Waals surface area contributed by atoms with E-state index in [0.717, 1.165) is 26.1 Å². The number of hydrogen-bond donors (Lipinski definition) is 2. The molecular weight excluding hydrogens is 142 g/mol. The number of hydrogen-bond acceptors (Lipinski definition) is 3. The first-order valence-corrected chi connectivity index (χ1v) is 4.14. The Bertz CT molecular complexity index is 165. The Hall–Kier alpha value is -0.610. The van der Waals surface area contributed by atoms with Crippen molar-refractivity contribution >= 4 is 5.91 Å². The molecule has 0 aromatic heterocycles. The minimum absolute atomic E-state index is 0.249. The van der Waals surface area contributed by atoms with Crippen LogP contribution in [0.3, 0.4) is 0 Å². The molecule has 62 valence electrons. The fourth-order valence-corrected chi connectivity index (χ4v) is 1.68. The van der Waals surface area contributed by atoms with Crippen LogP contribution in [0.4, 0.5) is 0 Å². The van der Waals surface area contributed by atoms with E-state index in [-0.39, 0.29) is 5.91 Å². The van der Waals surface area contributed by atoms with Crippen molar-refractivity contribution in [2.75, 3.05) is 19.6 Å². The highest BCUT2D eigenvalue weighted by Gasteiger charge is 2.29. The van der Waals surface area contributed by atoms with Gasteiger partial charge in [0.05, 0.1) is 6.04 Å². The molecule has 0 radical (unpaired) electrons. The maximum absolute atomic E-state index is 11.2. The molecule has 0 saturated carbocycles. The van der Waals surface area contributed by atoms with Crippen LogP contribution in [0.2, 0.25) is 0 Å². The Morgan fingerprint density at radius 2 is 2.36 bits per heavy atom. The van der Waals surface area contributed by atoms with Crippen molar-refractivity contribution in [1.29, 1.82) is 0 Å². The van der Waals surface area contributed by atoms with E-state index in [2.05, 4.69) is 10.7 Å². The highest BCUT2D eigenvalue weighted by molar-refractivity contribution is 5.78. The molecule has 1 amide bonds. The van der Waals surface area contributed by atoms with Gasteiger partial charge in [-0.2, -0.15) is 0 Å². The topological polar surface area (TPSA) is 44.4 Å². The molecule has 0 aliphatic carbocycles. The SMILES string of the molecule is O=C1CCNN1C1CCNC1. The Morgan fingerprint density at radius 1 is 1.45 bits per heavy atom. The predicted molar refractivity (Wildman–Crippen MR) is 40.7 cm³/mol. The third-order valence-corrected chi connectivity index (χ3v) is 2.29. The van der Waals surface area contributed by atoms with Crippen molar-refractivity contribution in [2.24, 2.45) is 0 Å². The number of carbonyl (C=O) groups is 1. The molecule has 1 unspecified atom stereocenters. The molecule has 2 aliphatic heterocycles. The second-order valence-corrected chi connectivity index (χ2v) is 3.07. The van der Waals surface area contributed by atoms with Crippen LogP contribution in [-0.2, 0) is 4.79 Å². The molecule has 11 heavy (non-hydrogen) atoms. The number of nitrogens with zero attached hydrogens (tertiary/aromatic N) is 1. The summed E-state index contributed by atoms with van der Waals surface area (Å²) in [4.78, 5) is 11.2. The molecule has 2 fully saturated rings. The summed E-state index contributed by atoms with van der Waals surface area (Å²) in [6, 6.07) is 0.394. The number of carbonyl (C=O) groups excluding carboxylic acids is 1. The van der Waals surface area contributed by atoms with E-state index in [4.69, 9.17) is 0 Å². The van der Waals surface area contributed by atoms with E-state index < -0.39 is 0 Å². The van der Waals surface area contributed by atoms with E-state index in [1.165, 1.54) is 0 Å². The van der Waals surface area contributed by atoms with Crippen LogP contribution < -0.4 is 10.7 Å². The van der Waals surface area contributed by atoms with Gasteiger partial charge < -0.3 is 5.32 Å². The third kappa shape index (κ3) is 1.23. The van der Waals surface area contributed by atoms with Gasteiger partial charge in [-0.3, -0.25) is 9.80 Å². The van der Waals surface area contributed by atoms with Crippen LogP contribution in [0.1, 0.15) is 12.8 Å². The molecule has 2 rings (SSSR count). The number of amides is 1. The van der Waals surface area contributed by atoms with Crippen molar-refractivity contribution in [1.82, 2.24) is 15.8 Å². The van der Waals surface area contributed by atoms with E-state index in [0.29, 0.717) is 12.5 Å². The first-order chi connectivity index (χ1) is 5.38. The van der Waals surface area contributed by atoms with Gasteiger partial charge in [-0.25, -0.2) is 5.43 Å². The van der Waals surface area contributed by atoms with E-state index in [1.807, 2.05) is 0 Å². The lowest BCUT2D eigenvalue weighted by atomic mass is 10.2. The van der Waals surface area contributed by atoms with Crippen LogP contribution in [-0.4, -0.2) is 36.6 Å². The largest absolute Gasteiger partial charge is 0.315 e. The molecule has 2 N–H and O–H groups in total. The van der Waals surface area contributed by atoms with Crippen molar-refractivity contribution in [3.63, 3.8) is 0 Å². The zero-order chi connectivity index (χ0) is 7.68. The van der Waals surface area contributed by atoms with Crippen molar-refractivity contribution in [3.05, 3.63) is 0 Å². The fourth-order valence-electron chi connectivity index (χ4n) is 1.68. The normalized spacial score (nSPS) is 31.8. The van der Waals surface area contributed by atoms with Crippen LogP contribution >= 0.6 is 0 Å². The highest BCUT2D eigenvalue weighted by Crippen LogP contribution is 2.10. The highest BCUT2D eigenvalue weighted by atomic mass is 16.2. The molecular formula is C7H13N3O. The Morgan fingerprint density at radius 3 is 2.91 bits per heavy atom. The quantitative estimate of drug-likeness (QED) is 0.515. The summed E-state index contributed by atoms with van der Waals surface area (Å²) in [5, 5.41) is 5.03. The summed E-state index contributed by atoms with van der Waals surface area (Å²) in [6.07, 6.45) is 1.75. The minimum atomic E-state index is 0.249. The van der Waals surface area contributed by atoms with Gasteiger partial charge in [0.2, 0.25) is 5.91 Å². The van der Waals surface area contributed by atoms with Gasteiger partial charge in [0.1, 0.15) is 0 Å². The minimum Gasteiger partial charge on any atom is -0.315 e. The van der Waals surface area contributed by atoms with Gasteiger partial charge in [0.15, 0.2) is 0 Å². The summed E-state index contributed by atoms with van der Waals surface area (Å²) in [7, 11) is 0. The van der Waals surface area contributed by atoms with E-state index in [9.17, 15) is 4.79 Å². The monoisotopic (exact) mass is 155 g/mol. The number of nitrogens with one attached hydrogen (secondary N) is 2. The Kier molecular flexibility index (Phi) is 1.79. The maximum Gasteiger partial charge on any atom is 0.238 e. The van der Waals surface area contributed by atoms with Gasteiger partial charge in [-0.1, -0.05) is 0 Å². The Labute approximate surface area is 65.9 Å². The first kappa shape index (κ1) is 7.06. The molecule has 4 heteroatoms. The molecule has 0 bridgehead atoms. The van der Waals surface area contributed by atoms with Crippen LogP contribution in [0, 0.1) is 0 Å². The van der Waals surface area contributed by atoms with Gasteiger partial charge in [-0.05, 0) is 13.0 Å². The van der Waals surface area contributed by atoms with Crippen molar-refractivity contribution in [2.45, 2.75) is 18.9 Å². The average molecular weight is 155 g/mol. The maximum atomic E-state index is 11.2. The van der Waals surface area contributed by atoms with Crippen LogP contribution in [0.25, 0.3) is 0 Å². The summed E-state index contributed by atoms with van der Waals surface area (Å²) in [5.74, 6) is 0.249. The fraction of sp³-hybridized carbons (Fsp3) is 0.857. The van der Waals surface area contributed by atoms with Crippen LogP contribution in [0.15, 0.2) is 0 Å². The van der Waals surface area contributed by atoms with Gasteiger partial charge in [-0.15, -0.1) is 0 Å². The van der Waals surface area contributed by atoms with Crippen molar-refractivity contribution < 1.29 is 4.79 Å². The first-order valence-electron chi connectivity index (χ1n) is 4.14. The lowest BCUT2D eigenvalue weighted by Crippen LogP contribution is -2.44. The van der Waals surface area contributed by atoms with E-state index >= 15 is 0 Å². The molecule has 2 saturated heterocycles. The lowest BCUT2D eigenvalue weighted by Gasteiger charge is -2.22. The average Bonchev–Trinajstić information content (AvgIpc) is 2.55. The molecule has 0 aromatic rings. The van der Waals surface area contributed by atoms with E-state index in [1.54, 1.807) is 5.01 Å². The predicted octanol–water partition coefficient (Wildman–Crippen LogP) is -0.915. The van der Waals surface area contributed by atoms with Gasteiger partial charge >= 0.3 is 0 Å². The molecule has 1 atom stereocenters. The molecule has 0 aromatic carbocycles. The van der Waals surface area contributed by atoms with Gasteiger partial charge in [0.25, 0.3) is 0 Å². The molecule has 2 aliphatic rings. The summed E-state index contributed by atoms with van der Waals surface area (Å²) in [5.41, 5.74) is 3.09. The zero-order valence-electron chi connectivity index (χ0n) is 6.47. The summed E-state index contributed by atoms with van der Waals surface area (Å²) >= 11 is 0. The standard InChI is InChI=1S/C7H13N3O/c11-7-2-4-9-10(7)6-1-3-8-5-6/h6,8-9H,1-5H2. The number of hydrazine groups is 1. The smallest absolute Gasteiger partial charge is 0.238 e. The summed E-state index contributed by atoms with van der Waals surface area (Å²) in [6.45, 7) is 2.80. The second-order valence-electron chi connectivity index (χ2n) is 3.07. The molecule has 2 heterocycles. The molecule has 4 nitrogen and oxygen atoms in total. The number of rotatable bonds is 1. The zero-order valence-corrected chi connectivity index (χ0v) is 6.47. The van der Waals surface area contributed by atoms with Crippen LogP contribution in [0.5, 0.6) is 0 Å². The summed E-state index contributed by atoms with van der Waals surface area (Å²) < 4.78 is 0. The lowest BCUT2D eigenvalue weighted by molar-refractivity contribution is -0.131. The van der Waals surface area contributed by atoms with Gasteiger partial charge in [0, 0.05) is 19.5 Å². The third-order valence-electron chi connectivity index (χ3n) is 2.29.